The average Bonchev–Trinajstić information content (AvgIpc) is 2.65. The number of fused-ring (bicyclic) bond motifs is 1. The van der Waals surface area contributed by atoms with Crippen LogP contribution in [-0.2, 0) is 23.1 Å². The molecule has 0 bridgehead atoms. The Labute approximate surface area is 148 Å². The second-order valence-electron chi connectivity index (χ2n) is 5.66. The fourth-order valence-electron chi connectivity index (χ4n) is 2.54. The first-order valence-electron chi connectivity index (χ1n) is 7.96. The molecule has 0 aliphatic rings. The molecule has 0 aliphatic carbocycles. The zero-order valence-corrected chi connectivity index (χ0v) is 14.1. The summed E-state index contributed by atoms with van der Waals surface area (Å²) in [7, 11) is 1.54. The van der Waals surface area contributed by atoms with Crippen LogP contribution in [0.1, 0.15) is 5.69 Å². The Morgan fingerprint density at radius 1 is 1.08 bits per heavy atom. The van der Waals surface area contributed by atoms with E-state index < -0.39 is 0 Å². The fraction of sp³-hybridized carbons (Fsp3) is 0.167. The van der Waals surface area contributed by atoms with E-state index in [-0.39, 0.29) is 30.3 Å². The van der Waals surface area contributed by atoms with Crippen molar-refractivity contribution in [2.24, 2.45) is 7.05 Å². The number of carbonyl (C=O) groups is 2. The van der Waals surface area contributed by atoms with Gasteiger partial charge in [0.2, 0.25) is 11.8 Å². The fourth-order valence-corrected chi connectivity index (χ4v) is 2.54. The third kappa shape index (κ3) is 3.92. The number of anilines is 1. The molecule has 0 aliphatic heterocycles. The van der Waals surface area contributed by atoms with Gasteiger partial charge in [-0.05, 0) is 18.2 Å². The van der Waals surface area contributed by atoms with Gasteiger partial charge in [0.05, 0.1) is 35.9 Å². The number of nitrogens with zero attached hydrogens (tertiary/aromatic N) is 3. The van der Waals surface area contributed by atoms with Gasteiger partial charge in [-0.2, -0.15) is 5.10 Å². The van der Waals surface area contributed by atoms with Gasteiger partial charge < -0.3 is 10.6 Å². The average molecular weight is 351 g/mol. The maximum atomic E-state index is 12.2. The van der Waals surface area contributed by atoms with Gasteiger partial charge in [0.1, 0.15) is 0 Å². The van der Waals surface area contributed by atoms with Crippen LogP contribution in [0.3, 0.4) is 0 Å². The van der Waals surface area contributed by atoms with Crippen LogP contribution >= 0.6 is 0 Å². The molecule has 2 aromatic heterocycles. The van der Waals surface area contributed by atoms with Crippen LogP contribution < -0.4 is 16.2 Å². The molecule has 8 nitrogen and oxygen atoms in total. The predicted molar refractivity (Wildman–Crippen MR) is 96.6 cm³/mol. The first kappa shape index (κ1) is 17.3. The van der Waals surface area contributed by atoms with Crippen molar-refractivity contribution >= 4 is 28.3 Å². The van der Waals surface area contributed by atoms with E-state index in [4.69, 9.17) is 0 Å². The molecule has 0 spiro atoms. The predicted octanol–water partition coefficient (Wildman–Crippen LogP) is 0.626. The molecule has 3 aromatic rings. The van der Waals surface area contributed by atoms with E-state index in [1.807, 2.05) is 0 Å². The van der Waals surface area contributed by atoms with Crippen LogP contribution in [0.4, 0.5) is 5.69 Å². The SMILES string of the molecule is Cn1nc(CC(=O)NCC(=O)Nc2cccnc2)c2ccccc2c1=O. The number of nitrogens with one attached hydrogen (secondary N) is 2. The van der Waals surface area contributed by atoms with Gasteiger partial charge in [-0.1, -0.05) is 18.2 Å². The molecule has 0 fully saturated rings. The summed E-state index contributed by atoms with van der Waals surface area (Å²) in [4.78, 5) is 40.0. The van der Waals surface area contributed by atoms with Crippen molar-refractivity contribution < 1.29 is 9.59 Å². The van der Waals surface area contributed by atoms with Crippen molar-refractivity contribution in [3.05, 3.63) is 64.8 Å². The normalized spacial score (nSPS) is 10.5. The monoisotopic (exact) mass is 351 g/mol. The lowest BCUT2D eigenvalue weighted by Gasteiger charge is -2.09. The van der Waals surface area contributed by atoms with Crippen molar-refractivity contribution in [1.29, 1.82) is 0 Å². The molecule has 2 N–H and O–H groups in total. The Balaban J connectivity index is 1.65. The topological polar surface area (TPSA) is 106 Å². The smallest absolute Gasteiger partial charge is 0.274 e. The highest BCUT2D eigenvalue weighted by molar-refractivity contribution is 5.95. The highest BCUT2D eigenvalue weighted by Gasteiger charge is 2.13. The number of rotatable bonds is 5. The van der Waals surface area contributed by atoms with Gasteiger partial charge in [0.25, 0.3) is 5.56 Å². The first-order chi connectivity index (χ1) is 12.5. The van der Waals surface area contributed by atoms with Crippen LogP contribution in [0.2, 0.25) is 0 Å². The van der Waals surface area contributed by atoms with Crippen molar-refractivity contribution in [1.82, 2.24) is 20.1 Å². The number of pyridine rings is 1. The number of aryl methyl sites for hydroxylation is 1. The minimum atomic E-state index is -0.359. The highest BCUT2D eigenvalue weighted by Crippen LogP contribution is 2.13. The second kappa shape index (κ2) is 7.56. The number of hydrogen-bond donors (Lipinski definition) is 2. The molecular formula is C18H17N5O3. The van der Waals surface area contributed by atoms with E-state index in [1.54, 1.807) is 42.6 Å². The van der Waals surface area contributed by atoms with Crippen molar-refractivity contribution in [2.75, 3.05) is 11.9 Å². The van der Waals surface area contributed by atoms with Crippen LogP contribution in [0.15, 0.2) is 53.6 Å². The number of amides is 2. The third-order valence-electron chi connectivity index (χ3n) is 3.75. The number of aromatic nitrogens is 3. The zero-order chi connectivity index (χ0) is 18.5. The summed E-state index contributed by atoms with van der Waals surface area (Å²) < 4.78 is 1.21. The lowest BCUT2D eigenvalue weighted by molar-refractivity contribution is -0.123. The summed E-state index contributed by atoms with van der Waals surface area (Å²) in [5, 5.41) is 10.5. The molecule has 8 heteroatoms. The van der Waals surface area contributed by atoms with E-state index in [0.29, 0.717) is 22.2 Å². The largest absolute Gasteiger partial charge is 0.347 e. The summed E-state index contributed by atoms with van der Waals surface area (Å²) in [6.45, 7) is -0.169. The standard InChI is InChI=1S/C18H17N5O3/c1-23-18(26)14-7-3-2-6-13(14)15(22-23)9-16(24)20-11-17(25)21-12-5-4-8-19-10-12/h2-8,10H,9,11H2,1H3,(H,20,24)(H,21,25). The molecule has 0 atom stereocenters. The Morgan fingerprint density at radius 3 is 2.58 bits per heavy atom. The lowest BCUT2D eigenvalue weighted by atomic mass is 10.1. The van der Waals surface area contributed by atoms with Crippen molar-refractivity contribution in [3.8, 4) is 0 Å². The van der Waals surface area contributed by atoms with E-state index in [1.165, 1.54) is 17.9 Å². The molecule has 1 aromatic carbocycles. The van der Waals surface area contributed by atoms with Gasteiger partial charge in [-0.15, -0.1) is 0 Å². The maximum Gasteiger partial charge on any atom is 0.274 e. The minimum Gasteiger partial charge on any atom is -0.347 e. The van der Waals surface area contributed by atoms with Gasteiger partial charge in [-0.25, -0.2) is 4.68 Å². The summed E-state index contributed by atoms with van der Waals surface area (Å²) in [6.07, 6.45) is 3.08. The van der Waals surface area contributed by atoms with E-state index in [0.717, 1.165) is 0 Å². The van der Waals surface area contributed by atoms with Gasteiger partial charge in [0, 0.05) is 18.6 Å². The molecule has 0 radical (unpaired) electrons. The number of carbonyl (C=O) groups excluding carboxylic acids is 2. The van der Waals surface area contributed by atoms with E-state index >= 15 is 0 Å². The summed E-state index contributed by atoms with van der Waals surface area (Å²) in [5.74, 6) is -0.715. The van der Waals surface area contributed by atoms with Crippen LogP contribution in [-0.4, -0.2) is 33.1 Å². The van der Waals surface area contributed by atoms with Crippen LogP contribution in [0.25, 0.3) is 10.8 Å². The summed E-state index contributed by atoms with van der Waals surface area (Å²) in [6, 6.07) is 10.4. The molecule has 132 valence electrons. The van der Waals surface area contributed by atoms with E-state index in [2.05, 4.69) is 20.7 Å². The quantitative estimate of drug-likeness (QED) is 0.701. The van der Waals surface area contributed by atoms with Gasteiger partial charge in [0.15, 0.2) is 0 Å². The van der Waals surface area contributed by atoms with Crippen LogP contribution in [0.5, 0.6) is 0 Å². The Morgan fingerprint density at radius 2 is 1.85 bits per heavy atom. The molecule has 2 amide bonds. The highest BCUT2D eigenvalue weighted by atomic mass is 16.2. The molecule has 0 saturated carbocycles. The number of benzene rings is 1. The third-order valence-corrected chi connectivity index (χ3v) is 3.75. The summed E-state index contributed by atoms with van der Waals surface area (Å²) >= 11 is 0. The molecule has 2 heterocycles. The molecular weight excluding hydrogens is 334 g/mol. The molecule has 3 rings (SSSR count). The maximum absolute atomic E-state index is 12.2. The Bertz CT molecular complexity index is 1010. The van der Waals surface area contributed by atoms with Gasteiger partial charge >= 0.3 is 0 Å². The van der Waals surface area contributed by atoms with Crippen molar-refractivity contribution in [2.45, 2.75) is 6.42 Å². The Kier molecular flexibility index (Phi) is 5.02. The molecule has 0 unspecified atom stereocenters. The first-order valence-corrected chi connectivity index (χ1v) is 7.96. The van der Waals surface area contributed by atoms with Gasteiger partial charge in [-0.3, -0.25) is 19.4 Å². The minimum absolute atomic E-state index is 0.0329. The Hall–Kier alpha value is -3.55. The van der Waals surface area contributed by atoms with E-state index in [9.17, 15) is 14.4 Å². The van der Waals surface area contributed by atoms with Crippen molar-refractivity contribution in [3.63, 3.8) is 0 Å². The summed E-state index contributed by atoms with van der Waals surface area (Å²) in [5.41, 5.74) is 0.811. The zero-order valence-electron chi connectivity index (χ0n) is 14.1. The molecule has 26 heavy (non-hydrogen) atoms. The number of hydrogen-bond acceptors (Lipinski definition) is 5. The van der Waals surface area contributed by atoms with Crippen LogP contribution in [0, 0.1) is 0 Å². The molecule has 0 saturated heterocycles. The second-order valence-corrected chi connectivity index (χ2v) is 5.66. The lowest BCUT2D eigenvalue weighted by Crippen LogP contribution is -2.34.